The Morgan fingerprint density at radius 3 is 2.41 bits per heavy atom. The number of amides is 1. The van der Waals surface area contributed by atoms with Crippen molar-refractivity contribution in [2.75, 3.05) is 0 Å². The van der Waals surface area contributed by atoms with Gasteiger partial charge in [-0.3, -0.25) is 4.79 Å². The van der Waals surface area contributed by atoms with E-state index in [9.17, 15) is 13.6 Å². The number of carbonyl (C=O) groups is 1. The van der Waals surface area contributed by atoms with Gasteiger partial charge in [0, 0.05) is 11.6 Å². The van der Waals surface area contributed by atoms with Gasteiger partial charge < -0.3 is 5.32 Å². The lowest BCUT2D eigenvalue weighted by Gasteiger charge is -2.15. The van der Waals surface area contributed by atoms with Crippen molar-refractivity contribution in [2.24, 2.45) is 5.92 Å². The van der Waals surface area contributed by atoms with Crippen LogP contribution < -0.4 is 5.32 Å². The van der Waals surface area contributed by atoms with Crippen LogP contribution in [0.1, 0.15) is 37.6 Å². The van der Waals surface area contributed by atoms with Crippen LogP contribution in [0.2, 0.25) is 0 Å². The normalized spacial score (nSPS) is 12.6. The van der Waals surface area contributed by atoms with Crippen LogP contribution in [-0.2, 0) is 0 Å². The molecule has 17 heavy (non-hydrogen) atoms. The Bertz CT molecular complexity index is 404. The largest absolute Gasteiger partial charge is 0.350 e. The second kappa shape index (κ2) is 5.75. The fourth-order valence-electron chi connectivity index (χ4n) is 1.71. The number of carbonyl (C=O) groups excluding carboxylic acids is 1. The number of hydrogen-bond acceptors (Lipinski definition) is 1. The van der Waals surface area contributed by atoms with E-state index in [0.29, 0.717) is 5.92 Å². The first-order valence-electron chi connectivity index (χ1n) is 5.66. The zero-order chi connectivity index (χ0) is 13.0. The molecule has 1 rings (SSSR count). The fourth-order valence-corrected chi connectivity index (χ4v) is 1.71. The molecule has 0 radical (unpaired) electrons. The Morgan fingerprint density at radius 2 is 1.88 bits per heavy atom. The smallest absolute Gasteiger partial charge is 0.251 e. The number of halogens is 2. The Kier molecular flexibility index (Phi) is 4.61. The Labute approximate surface area is 100 Å². The number of nitrogens with one attached hydrogen (secondary N) is 1. The number of rotatable bonds is 4. The molecule has 1 amide bonds. The molecule has 94 valence electrons. The summed E-state index contributed by atoms with van der Waals surface area (Å²) >= 11 is 0. The lowest BCUT2D eigenvalue weighted by molar-refractivity contribution is 0.0935. The minimum Gasteiger partial charge on any atom is -0.350 e. The minimum atomic E-state index is -1.01. The second-order valence-electron chi connectivity index (χ2n) is 4.63. The summed E-state index contributed by atoms with van der Waals surface area (Å²) in [6.45, 7) is 6.00. The molecule has 0 saturated carbocycles. The summed E-state index contributed by atoms with van der Waals surface area (Å²) in [6, 6.07) is 3.15. The van der Waals surface area contributed by atoms with Gasteiger partial charge in [-0.2, -0.15) is 0 Å². The van der Waals surface area contributed by atoms with Gasteiger partial charge in [-0.05, 0) is 37.5 Å². The van der Waals surface area contributed by atoms with Gasteiger partial charge >= 0.3 is 0 Å². The maximum atomic E-state index is 12.9. The van der Waals surface area contributed by atoms with E-state index in [1.807, 2.05) is 6.92 Å². The van der Waals surface area contributed by atoms with Crippen LogP contribution in [0.5, 0.6) is 0 Å². The monoisotopic (exact) mass is 241 g/mol. The fraction of sp³-hybridized carbons (Fsp3) is 0.462. The molecule has 0 aliphatic carbocycles. The van der Waals surface area contributed by atoms with Crippen molar-refractivity contribution in [3.05, 3.63) is 35.4 Å². The van der Waals surface area contributed by atoms with Crippen molar-refractivity contribution in [3.63, 3.8) is 0 Å². The van der Waals surface area contributed by atoms with Gasteiger partial charge in [-0.15, -0.1) is 0 Å². The summed E-state index contributed by atoms with van der Waals surface area (Å²) in [5, 5.41) is 2.75. The zero-order valence-electron chi connectivity index (χ0n) is 10.3. The van der Waals surface area contributed by atoms with Crippen LogP contribution in [0.3, 0.4) is 0 Å². The number of benzene rings is 1. The Hall–Kier alpha value is -1.45. The van der Waals surface area contributed by atoms with E-state index in [4.69, 9.17) is 0 Å². The summed E-state index contributed by atoms with van der Waals surface area (Å²) in [7, 11) is 0. The van der Waals surface area contributed by atoms with Gasteiger partial charge in [0.05, 0.1) is 0 Å². The molecular formula is C13H17F2NO. The van der Waals surface area contributed by atoms with Gasteiger partial charge in [0.25, 0.3) is 5.91 Å². The highest BCUT2D eigenvalue weighted by Crippen LogP contribution is 2.10. The molecule has 2 nitrogen and oxygen atoms in total. The molecule has 0 aromatic heterocycles. The van der Waals surface area contributed by atoms with Crippen LogP contribution in [0.4, 0.5) is 8.78 Å². The van der Waals surface area contributed by atoms with Crippen molar-refractivity contribution < 1.29 is 13.6 Å². The van der Waals surface area contributed by atoms with Gasteiger partial charge in [0.2, 0.25) is 0 Å². The van der Waals surface area contributed by atoms with Crippen LogP contribution in [-0.4, -0.2) is 11.9 Å². The number of hydrogen-bond donors (Lipinski definition) is 1. The van der Waals surface area contributed by atoms with Crippen molar-refractivity contribution in [3.8, 4) is 0 Å². The third kappa shape index (κ3) is 4.13. The van der Waals surface area contributed by atoms with E-state index >= 15 is 0 Å². The first-order chi connectivity index (χ1) is 7.90. The summed E-state index contributed by atoms with van der Waals surface area (Å²) in [5.41, 5.74) is 0.138. The van der Waals surface area contributed by atoms with Crippen LogP contribution in [0, 0.1) is 17.6 Å². The predicted molar refractivity (Wildman–Crippen MR) is 62.7 cm³/mol. The van der Waals surface area contributed by atoms with Gasteiger partial charge in [-0.25, -0.2) is 8.78 Å². The summed E-state index contributed by atoms with van der Waals surface area (Å²) in [4.78, 5) is 11.7. The standard InChI is InChI=1S/C13H17F2NO/c1-8(2)6-9(3)16-13(17)10-4-5-11(14)12(15)7-10/h4-5,7-9H,6H2,1-3H3,(H,16,17)/t9-/m1/s1. The summed E-state index contributed by atoms with van der Waals surface area (Å²) < 4.78 is 25.6. The molecule has 4 heteroatoms. The lowest BCUT2D eigenvalue weighted by Crippen LogP contribution is -2.33. The predicted octanol–water partition coefficient (Wildman–Crippen LogP) is 3.13. The van der Waals surface area contributed by atoms with Gasteiger partial charge in [0.1, 0.15) is 0 Å². The first kappa shape index (κ1) is 13.6. The maximum Gasteiger partial charge on any atom is 0.251 e. The molecule has 1 N–H and O–H groups in total. The van der Waals surface area contributed by atoms with E-state index in [2.05, 4.69) is 19.2 Å². The molecule has 0 unspecified atom stereocenters. The molecule has 0 fully saturated rings. The molecule has 0 spiro atoms. The minimum absolute atomic E-state index is 0.00983. The molecule has 0 saturated heterocycles. The summed E-state index contributed by atoms with van der Waals surface area (Å²) in [6.07, 6.45) is 0.843. The SMILES string of the molecule is CC(C)C[C@@H](C)NC(=O)c1ccc(F)c(F)c1. The lowest BCUT2D eigenvalue weighted by atomic mass is 10.0. The molecule has 1 atom stereocenters. The third-order valence-electron chi connectivity index (χ3n) is 2.38. The average Bonchev–Trinajstić information content (AvgIpc) is 2.20. The van der Waals surface area contributed by atoms with Crippen LogP contribution >= 0.6 is 0 Å². The van der Waals surface area contributed by atoms with E-state index in [1.54, 1.807) is 0 Å². The molecule has 0 aliphatic heterocycles. The van der Waals surface area contributed by atoms with Crippen LogP contribution in [0.25, 0.3) is 0 Å². The molecule has 1 aromatic rings. The van der Waals surface area contributed by atoms with Gasteiger partial charge in [-0.1, -0.05) is 13.8 Å². The molecular weight excluding hydrogens is 224 g/mol. The summed E-state index contributed by atoms with van der Waals surface area (Å²) in [5.74, 6) is -1.86. The van der Waals surface area contributed by atoms with Crippen molar-refractivity contribution in [1.29, 1.82) is 0 Å². The van der Waals surface area contributed by atoms with E-state index in [1.165, 1.54) is 6.07 Å². The van der Waals surface area contributed by atoms with Crippen molar-refractivity contribution >= 4 is 5.91 Å². The topological polar surface area (TPSA) is 29.1 Å². The highest BCUT2D eigenvalue weighted by molar-refractivity contribution is 5.94. The molecule has 0 heterocycles. The second-order valence-corrected chi connectivity index (χ2v) is 4.63. The third-order valence-corrected chi connectivity index (χ3v) is 2.38. The zero-order valence-corrected chi connectivity index (χ0v) is 10.3. The quantitative estimate of drug-likeness (QED) is 0.862. The Balaban J connectivity index is 2.66. The van der Waals surface area contributed by atoms with Gasteiger partial charge in [0.15, 0.2) is 11.6 Å². The highest BCUT2D eigenvalue weighted by Gasteiger charge is 2.12. The Morgan fingerprint density at radius 1 is 1.24 bits per heavy atom. The van der Waals surface area contributed by atoms with Crippen molar-refractivity contribution in [2.45, 2.75) is 33.2 Å². The van der Waals surface area contributed by atoms with E-state index in [0.717, 1.165) is 18.6 Å². The van der Waals surface area contributed by atoms with Crippen molar-refractivity contribution in [1.82, 2.24) is 5.32 Å². The average molecular weight is 241 g/mol. The van der Waals surface area contributed by atoms with E-state index < -0.39 is 11.6 Å². The molecule has 0 bridgehead atoms. The van der Waals surface area contributed by atoms with E-state index in [-0.39, 0.29) is 17.5 Å². The molecule has 0 aliphatic rings. The first-order valence-corrected chi connectivity index (χ1v) is 5.66. The van der Waals surface area contributed by atoms with Crippen LogP contribution in [0.15, 0.2) is 18.2 Å². The highest BCUT2D eigenvalue weighted by atomic mass is 19.2. The maximum absolute atomic E-state index is 12.9. The molecule has 1 aromatic carbocycles.